The van der Waals surface area contributed by atoms with Gasteiger partial charge in [-0.3, -0.25) is 4.57 Å². The molecule has 1 aliphatic heterocycles. The number of halogens is 1. The number of rotatable bonds is 6. The van der Waals surface area contributed by atoms with Gasteiger partial charge in [0.15, 0.2) is 0 Å². The highest BCUT2D eigenvalue weighted by atomic mass is 35.5. The molecule has 2 saturated carbocycles. The number of aromatic nitrogens is 2. The van der Waals surface area contributed by atoms with Gasteiger partial charge >= 0.3 is 5.69 Å². The van der Waals surface area contributed by atoms with Crippen molar-refractivity contribution in [2.24, 2.45) is 0 Å². The van der Waals surface area contributed by atoms with Gasteiger partial charge < -0.3 is 14.6 Å². The second-order valence-electron chi connectivity index (χ2n) is 9.42. The van der Waals surface area contributed by atoms with E-state index in [9.17, 15) is 4.79 Å². The number of H-pyrrole nitrogens is 1. The van der Waals surface area contributed by atoms with Crippen molar-refractivity contribution >= 4 is 23.4 Å². The van der Waals surface area contributed by atoms with Gasteiger partial charge in [0.25, 0.3) is 0 Å². The summed E-state index contributed by atoms with van der Waals surface area (Å²) in [5.41, 5.74) is 3.59. The Morgan fingerprint density at radius 2 is 1.73 bits per heavy atom. The van der Waals surface area contributed by atoms with Crippen molar-refractivity contribution in [1.29, 1.82) is 0 Å². The number of hydrogen-bond donors (Lipinski definition) is 1. The molecule has 1 N–H and O–H groups in total. The summed E-state index contributed by atoms with van der Waals surface area (Å²) in [4.78, 5) is 18.5. The molecule has 30 heavy (non-hydrogen) atoms. The first-order valence-corrected chi connectivity index (χ1v) is 11.8. The molecule has 1 aromatic carbocycles. The SMILES string of the molecule is CCCOC1CCC(N2CCC(n3c(=O)[nH]c4ccc(C5CC5)cc43)CC2)CC1.Cl. The van der Waals surface area contributed by atoms with Gasteiger partial charge in [0.1, 0.15) is 0 Å². The van der Waals surface area contributed by atoms with E-state index in [0.29, 0.717) is 18.2 Å². The van der Waals surface area contributed by atoms with E-state index in [0.717, 1.165) is 55.9 Å². The molecule has 0 bridgehead atoms. The maximum atomic E-state index is 12.7. The van der Waals surface area contributed by atoms with Gasteiger partial charge in [-0.25, -0.2) is 4.79 Å². The summed E-state index contributed by atoms with van der Waals surface area (Å²) in [6, 6.07) is 7.61. The maximum absolute atomic E-state index is 12.7. The molecular weight excluding hydrogens is 398 g/mol. The largest absolute Gasteiger partial charge is 0.378 e. The lowest BCUT2D eigenvalue weighted by molar-refractivity contribution is 0.00254. The Kier molecular flexibility index (Phi) is 6.91. The van der Waals surface area contributed by atoms with E-state index in [4.69, 9.17) is 4.74 Å². The number of ether oxygens (including phenoxy) is 1. The molecule has 2 aliphatic carbocycles. The molecular formula is C24H36ClN3O2. The van der Waals surface area contributed by atoms with E-state index >= 15 is 0 Å². The highest BCUT2D eigenvalue weighted by molar-refractivity contribution is 5.85. The summed E-state index contributed by atoms with van der Waals surface area (Å²) in [5.74, 6) is 0.719. The Labute approximate surface area is 185 Å². The van der Waals surface area contributed by atoms with Crippen molar-refractivity contribution in [1.82, 2.24) is 14.5 Å². The normalized spacial score (nSPS) is 26.0. The van der Waals surface area contributed by atoms with Crippen LogP contribution in [0.2, 0.25) is 0 Å². The quantitative estimate of drug-likeness (QED) is 0.697. The molecule has 5 nitrogen and oxygen atoms in total. The second-order valence-corrected chi connectivity index (χ2v) is 9.42. The number of benzene rings is 1. The highest BCUT2D eigenvalue weighted by Crippen LogP contribution is 2.41. The molecule has 5 rings (SSSR count). The molecule has 0 unspecified atom stereocenters. The number of fused-ring (bicyclic) bond motifs is 1. The lowest BCUT2D eigenvalue weighted by Gasteiger charge is -2.41. The first-order chi connectivity index (χ1) is 14.2. The summed E-state index contributed by atoms with van der Waals surface area (Å²) in [5, 5.41) is 0. The Bertz CT molecular complexity index is 887. The standard InChI is InChI=1S/C24H35N3O2.ClH/c1-2-15-29-21-8-6-19(7-9-21)26-13-11-20(12-14-26)27-23-16-18(17-3-4-17)5-10-22(23)25-24(27)28;/h5,10,16-17,19-21H,2-4,6-9,11-15H2,1H3,(H,25,28);1H. The van der Waals surface area contributed by atoms with Crippen LogP contribution in [0.5, 0.6) is 0 Å². The first-order valence-electron chi connectivity index (χ1n) is 11.8. The van der Waals surface area contributed by atoms with Crippen LogP contribution in [-0.4, -0.2) is 46.3 Å². The van der Waals surface area contributed by atoms with Gasteiger partial charge in [-0.2, -0.15) is 0 Å². The van der Waals surface area contributed by atoms with Crippen LogP contribution >= 0.6 is 12.4 Å². The molecule has 6 heteroatoms. The number of imidazole rings is 1. The molecule has 0 atom stereocenters. The van der Waals surface area contributed by atoms with E-state index < -0.39 is 0 Å². The maximum Gasteiger partial charge on any atom is 0.326 e. The molecule has 3 fully saturated rings. The van der Waals surface area contributed by atoms with Gasteiger partial charge in [0.05, 0.1) is 17.1 Å². The van der Waals surface area contributed by atoms with E-state index in [1.54, 1.807) is 0 Å². The molecule has 0 radical (unpaired) electrons. The van der Waals surface area contributed by atoms with Gasteiger partial charge in [0.2, 0.25) is 0 Å². The molecule has 0 amide bonds. The molecule has 1 saturated heterocycles. The third-order valence-corrected chi connectivity index (χ3v) is 7.37. The number of nitrogens with zero attached hydrogens (tertiary/aromatic N) is 2. The topological polar surface area (TPSA) is 50.3 Å². The summed E-state index contributed by atoms with van der Waals surface area (Å²) in [6.07, 6.45) is 11.3. The van der Waals surface area contributed by atoms with Crippen molar-refractivity contribution in [2.45, 2.75) is 88.8 Å². The average molecular weight is 434 g/mol. The van der Waals surface area contributed by atoms with Crippen LogP contribution in [-0.2, 0) is 4.74 Å². The van der Waals surface area contributed by atoms with Gasteiger partial charge in [-0.1, -0.05) is 13.0 Å². The molecule has 3 aliphatic rings. The second kappa shape index (κ2) is 9.46. The van der Waals surface area contributed by atoms with Crippen LogP contribution in [0.1, 0.15) is 82.2 Å². The predicted octanol–water partition coefficient (Wildman–Crippen LogP) is 5.00. The fourth-order valence-electron chi connectivity index (χ4n) is 5.54. The van der Waals surface area contributed by atoms with E-state index in [-0.39, 0.29) is 18.1 Å². The van der Waals surface area contributed by atoms with Gasteiger partial charge in [0, 0.05) is 31.8 Å². The van der Waals surface area contributed by atoms with Crippen molar-refractivity contribution in [3.63, 3.8) is 0 Å². The van der Waals surface area contributed by atoms with Gasteiger partial charge in [-0.15, -0.1) is 12.4 Å². The van der Waals surface area contributed by atoms with E-state index in [2.05, 4.69) is 39.6 Å². The lowest BCUT2D eigenvalue weighted by atomic mass is 9.90. The average Bonchev–Trinajstić information content (AvgIpc) is 3.55. The minimum atomic E-state index is 0. The molecule has 1 aromatic heterocycles. The van der Waals surface area contributed by atoms with Crippen LogP contribution in [0.25, 0.3) is 11.0 Å². The van der Waals surface area contributed by atoms with Crippen molar-refractivity contribution in [2.75, 3.05) is 19.7 Å². The van der Waals surface area contributed by atoms with E-state index in [1.807, 2.05) is 0 Å². The zero-order valence-electron chi connectivity index (χ0n) is 18.1. The Morgan fingerprint density at radius 3 is 2.40 bits per heavy atom. The summed E-state index contributed by atoms with van der Waals surface area (Å²) in [7, 11) is 0. The van der Waals surface area contributed by atoms with Crippen molar-refractivity contribution in [3.05, 3.63) is 34.2 Å². The third kappa shape index (κ3) is 4.49. The van der Waals surface area contributed by atoms with Crippen molar-refractivity contribution < 1.29 is 4.74 Å². The predicted molar refractivity (Wildman–Crippen MR) is 124 cm³/mol. The van der Waals surface area contributed by atoms with Crippen LogP contribution in [0, 0.1) is 0 Å². The summed E-state index contributed by atoms with van der Waals surface area (Å²) in [6.45, 7) is 5.30. The first kappa shape index (κ1) is 21.9. The number of nitrogens with one attached hydrogen (secondary N) is 1. The molecule has 166 valence electrons. The number of hydrogen-bond acceptors (Lipinski definition) is 3. The highest BCUT2D eigenvalue weighted by Gasteiger charge is 2.31. The lowest BCUT2D eigenvalue weighted by Crippen LogP contribution is -2.45. The Morgan fingerprint density at radius 1 is 1.00 bits per heavy atom. The summed E-state index contributed by atoms with van der Waals surface area (Å²) >= 11 is 0. The summed E-state index contributed by atoms with van der Waals surface area (Å²) < 4.78 is 8.02. The molecule has 0 spiro atoms. The minimum Gasteiger partial charge on any atom is -0.378 e. The Hall–Kier alpha value is -1.30. The zero-order valence-corrected chi connectivity index (χ0v) is 19.0. The smallest absolute Gasteiger partial charge is 0.326 e. The molecule has 2 aromatic rings. The number of likely N-dealkylation sites (tertiary alicyclic amines) is 1. The van der Waals surface area contributed by atoms with Crippen molar-refractivity contribution in [3.8, 4) is 0 Å². The van der Waals surface area contributed by atoms with Crippen LogP contribution in [0.3, 0.4) is 0 Å². The van der Waals surface area contributed by atoms with Crippen LogP contribution < -0.4 is 5.69 Å². The number of aromatic amines is 1. The Balaban J connectivity index is 0.00000218. The third-order valence-electron chi connectivity index (χ3n) is 7.37. The monoisotopic (exact) mass is 433 g/mol. The van der Waals surface area contributed by atoms with Crippen LogP contribution in [0.4, 0.5) is 0 Å². The fraction of sp³-hybridized carbons (Fsp3) is 0.708. The van der Waals surface area contributed by atoms with E-state index in [1.165, 1.54) is 44.1 Å². The number of piperidine rings is 1. The molecule has 2 heterocycles. The zero-order chi connectivity index (χ0) is 19.8. The minimum absolute atomic E-state index is 0. The van der Waals surface area contributed by atoms with Crippen LogP contribution in [0.15, 0.2) is 23.0 Å². The fourth-order valence-corrected chi connectivity index (χ4v) is 5.54. The van der Waals surface area contributed by atoms with Gasteiger partial charge in [-0.05, 0) is 81.4 Å².